The van der Waals surface area contributed by atoms with Crippen LogP contribution in [0, 0.1) is 29.4 Å². The summed E-state index contributed by atoms with van der Waals surface area (Å²) < 4.78 is 58.6. The molecule has 0 heterocycles. The van der Waals surface area contributed by atoms with Gasteiger partial charge in [0.25, 0.3) is 5.92 Å². The maximum atomic E-state index is 14.8. The summed E-state index contributed by atoms with van der Waals surface area (Å²) in [6.07, 6.45) is 10.6. The molecule has 0 spiro atoms. The van der Waals surface area contributed by atoms with Crippen LogP contribution in [0.15, 0.2) is 12.1 Å². The summed E-state index contributed by atoms with van der Waals surface area (Å²) in [6, 6.07) is 3.22. The molecule has 1 aromatic rings. The molecule has 4 heteroatoms. The lowest BCUT2D eigenvalue weighted by Crippen LogP contribution is -2.35. The van der Waals surface area contributed by atoms with Crippen LogP contribution < -0.4 is 0 Å². The van der Waals surface area contributed by atoms with Crippen LogP contribution in [-0.2, 0) is 6.42 Å². The molecule has 2 saturated carbocycles. The number of rotatable bonds is 8. The van der Waals surface area contributed by atoms with Gasteiger partial charge in [0, 0.05) is 12.3 Å². The molecule has 0 nitrogen and oxygen atoms in total. The van der Waals surface area contributed by atoms with Crippen LogP contribution in [-0.4, -0.2) is 5.92 Å². The Hall–Kier alpha value is -1.06. The highest BCUT2D eigenvalue weighted by molar-refractivity contribution is 5.30. The molecule has 2 aliphatic rings. The number of hydrogen-bond acceptors (Lipinski definition) is 0. The first-order chi connectivity index (χ1) is 14.4. The van der Waals surface area contributed by atoms with Crippen LogP contribution in [0.3, 0.4) is 0 Å². The molecule has 2 atom stereocenters. The van der Waals surface area contributed by atoms with E-state index in [-0.39, 0.29) is 12.0 Å². The zero-order chi connectivity index (χ0) is 21.7. The molecular weight excluding hydrogens is 388 g/mol. The molecule has 1 aromatic carbocycles. The van der Waals surface area contributed by atoms with Crippen molar-refractivity contribution in [1.82, 2.24) is 0 Å². The van der Waals surface area contributed by atoms with Crippen molar-refractivity contribution in [2.75, 3.05) is 0 Å². The van der Waals surface area contributed by atoms with Gasteiger partial charge >= 0.3 is 0 Å². The summed E-state index contributed by atoms with van der Waals surface area (Å²) in [5, 5.41) is 0. The molecule has 2 fully saturated rings. The van der Waals surface area contributed by atoms with E-state index in [0.717, 1.165) is 18.8 Å². The fourth-order valence-corrected chi connectivity index (χ4v) is 5.87. The van der Waals surface area contributed by atoms with E-state index in [0.29, 0.717) is 37.2 Å². The van der Waals surface area contributed by atoms with Gasteiger partial charge in [-0.25, -0.2) is 17.6 Å². The van der Waals surface area contributed by atoms with Crippen molar-refractivity contribution in [2.45, 2.75) is 109 Å². The number of aryl methyl sites for hydroxylation is 1. The van der Waals surface area contributed by atoms with E-state index in [1.165, 1.54) is 38.5 Å². The van der Waals surface area contributed by atoms with Crippen LogP contribution in [0.1, 0.15) is 108 Å². The van der Waals surface area contributed by atoms with Crippen molar-refractivity contribution < 1.29 is 17.6 Å². The van der Waals surface area contributed by atoms with E-state index < -0.39 is 29.4 Å². The summed E-state index contributed by atoms with van der Waals surface area (Å²) >= 11 is 0. The van der Waals surface area contributed by atoms with E-state index in [4.69, 9.17) is 0 Å². The van der Waals surface area contributed by atoms with Gasteiger partial charge in [-0.15, -0.1) is 0 Å². The highest BCUT2D eigenvalue weighted by Crippen LogP contribution is 2.47. The molecule has 30 heavy (non-hydrogen) atoms. The molecule has 3 rings (SSSR count). The van der Waals surface area contributed by atoms with Crippen LogP contribution in [0.25, 0.3) is 0 Å². The fourth-order valence-electron chi connectivity index (χ4n) is 5.87. The minimum atomic E-state index is -2.79. The Morgan fingerprint density at radius 1 is 0.800 bits per heavy atom. The highest BCUT2D eigenvalue weighted by Gasteiger charge is 2.45. The number of alkyl halides is 2. The van der Waals surface area contributed by atoms with Crippen molar-refractivity contribution in [1.29, 1.82) is 0 Å². The summed E-state index contributed by atoms with van der Waals surface area (Å²) in [5.41, 5.74) is 0.546. The van der Waals surface area contributed by atoms with E-state index in [1.54, 1.807) is 12.1 Å². The average Bonchev–Trinajstić information content (AvgIpc) is 2.72. The average molecular weight is 427 g/mol. The lowest BCUT2D eigenvalue weighted by molar-refractivity contribution is -0.0948. The van der Waals surface area contributed by atoms with Gasteiger partial charge in [-0.3, -0.25) is 0 Å². The first kappa shape index (κ1) is 23.6. The van der Waals surface area contributed by atoms with Gasteiger partial charge in [0.2, 0.25) is 0 Å². The number of benzene rings is 1. The monoisotopic (exact) mass is 426 g/mol. The predicted molar refractivity (Wildman–Crippen MR) is 115 cm³/mol. The first-order valence-electron chi connectivity index (χ1n) is 12.2. The topological polar surface area (TPSA) is 0 Å². The van der Waals surface area contributed by atoms with Gasteiger partial charge in [-0.2, -0.15) is 0 Å². The van der Waals surface area contributed by atoms with E-state index in [1.807, 2.05) is 6.92 Å². The summed E-state index contributed by atoms with van der Waals surface area (Å²) in [5.74, 6) is -4.29. The van der Waals surface area contributed by atoms with Crippen molar-refractivity contribution in [2.24, 2.45) is 17.8 Å². The smallest absolute Gasteiger partial charge is 0.207 e. The van der Waals surface area contributed by atoms with Gasteiger partial charge in [-0.1, -0.05) is 70.9 Å². The Balaban J connectivity index is 1.59. The predicted octanol–water partition coefficient (Wildman–Crippen LogP) is 8.82. The molecule has 0 aromatic heterocycles. The Bertz CT molecular complexity index is 676. The Kier molecular flexibility index (Phi) is 8.26. The maximum Gasteiger partial charge on any atom is 0.251 e. The third kappa shape index (κ3) is 5.59. The second kappa shape index (κ2) is 10.5. The summed E-state index contributed by atoms with van der Waals surface area (Å²) in [6.45, 7) is 4.14. The largest absolute Gasteiger partial charge is 0.251 e. The second-order valence-electron chi connectivity index (χ2n) is 9.88. The van der Waals surface area contributed by atoms with Crippen molar-refractivity contribution in [3.63, 3.8) is 0 Å². The molecule has 0 radical (unpaired) electrons. The van der Waals surface area contributed by atoms with Gasteiger partial charge < -0.3 is 0 Å². The molecule has 2 aliphatic carbocycles. The van der Waals surface area contributed by atoms with Crippen LogP contribution in [0.2, 0.25) is 0 Å². The highest BCUT2D eigenvalue weighted by atomic mass is 19.3. The number of hydrogen-bond donors (Lipinski definition) is 0. The molecular formula is C26H38F4. The van der Waals surface area contributed by atoms with Gasteiger partial charge in [0.1, 0.15) is 0 Å². The Morgan fingerprint density at radius 3 is 2.03 bits per heavy atom. The van der Waals surface area contributed by atoms with Gasteiger partial charge in [-0.05, 0) is 61.0 Å². The van der Waals surface area contributed by atoms with Crippen molar-refractivity contribution >= 4 is 0 Å². The summed E-state index contributed by atoms with van der Waals surface area (Å²) in [7, 11) is 0. The molecule has 170 valence electrons. The second-order valence-corrected chi connectivity index (χ2v) is 9.88. The van der Waals surface area contributed by atoms with Crippen LogP contribution in [0.4, 0.5) is 17.6 Å². The lowest BCUT2D eigenvalue weighted by atomic mass is 9.74. The molecule has 0 amide bonds. The number of halogens is 4. The fraction of sp³-hybridized carbons (Fsp3) is 0.769. The molecule has 0 bridgehead atoms. The Morgan fingerprint density at radius 2 is 1.43 bits per heavy atom. The van der Waals surface area contributed by atoms with Crippen LogP contribution in [0.5, 0.6) is 0 Å². The normalized spacial score (nSPS) is 29.1. The standard InChI is InChI=1S/C26H38F4/c1-3-5-18-7-9-19(10-8-18)11-12-20-14-16-23(25(28)24(20)27)21-13-15-22(6-4-2)26(29,30)17-21/h14,16,18-19,21-22H,3-13,15,17H2,1-2H3. The minimum Gasteiger partial charge on any atom is -0.207 e. The zero-order valence-corrected chi connectivity index (χ0v) is 18.7. The quantitative estimate of drug-likeness (QED) is 0.364. The van der Waals surface area contributed by atoms with Crippen LogP contribution >= 0.6 is 0 Å². The first-order valence-corrected chi connectivity index (χ1v) is 12.2. The van der Waals surface area contributed by atoms with Crippen molar-refractivity contribution in [3.05, 3.63) is 34.9 Å². The summed E-state index contributed by atoms with van der Waals surface area (Å²) in [4.78, 5) is 0. The third-order valence-electron chi connectivity index (χ3n) is 7.73. The lowest BCUT2D eigenvalue weighted by Gasteiger charge is -2.36. The van der Waals surface area contributed by atoms with Crippen molar-refractivity contribution in [3.8, 4) is 0 Å². The van der Waals surface area contributed by atoms with E-state index in [9.17, 15) is 17.6 Å². The third-order valence-corrected chi connectivity index (χ3v) is 7.73. The molecule has 0 N–H and O–H groups in total. The Labute approximate surface area is 179 Å². The van der Waals surface area contributed by atoms with E-state index >= 15 is 0 Å². The molecule has 2 unspecified atom stereocenters. The SMILES string of the molecule is CCCC1CCC(CCc2ccc(C3CCC(CCC)C(F)(F)C3)c(F)c2F)CC1. The zero-order valence-electron chi connectivity index (χ0n) is 18.7. The maximum absolute atomic E-state index is 14.8. The van der Waals surface area contributed by atoms with E-state index in [2.05, 4.69) is 6.92 Å². The molecule has 0 saturated heterocycles. The van der Waals surface area contributed by atoms with Gasteiger partial charge in [0.05, 0.1) is 0 Å². The van der Waals surface area contributed by atoms with Gasteiger partial charge in [0.15, 0.2) is 11.6 Å². The molecule has 0 aliphatic heterocycles. The minimum absolute atomic E-state index is 0.144.